The van der Waals surface area contributed by atoms with Crippen molar-refractivity contribution in [1.82, 2.24) is 0 Å². The maximum absolute atomic E-state index is 10.4. The lowest BCUT2D eigenvalue weighted by Gasteiger charge is -2.05. The van der Waals surface area contributed by atoms with E-state index in [1.54, 1.807) is 12.1 Å². The largest absolute Gasteiger partial charge is 0.328 e. The van der Waals surface area contributed by atoms with Gasteiger partial charge in [-0.05, 0) is 23.3 Å². The van der Waals surface area contributed by atoms with Crippen LogP contribution in [0.15, 0.2) is 48.5 Å². The standard InChI is InChI=1S/C14H10N2O/c15-9-13-8-12(6-7-14(13)16-10-17)11-4-2-1-3-5-11/h1-8,10H,(H,16,17). The van der Waals surface area contributed by atoms with Crippen LogP contribution in [0.5, 0.6) is 0 Å². The molecule has 0 bridgehead atoms. The summed E-state index contributed by atoms with van der Waals surface area (Å²) in [5.74, 6) is 0. The topological polar surface area (TPSA) is 52.9 Å². The zero-order valence-corrected chi connectivity index (χ0v) is 9.05. The molecular weight excluding hydrogens is 212 g/mol. The summed E-state index contributed by atoms with van der Waals surface area (Å²) in [7, 11) is 0. The van der Waals surface area contributed by atoms with Crippen LogP contribution in [-0.4, -0.2) is 6.41 Å². The van der Waals surface area contributed by atoms with Gasteiger partial charge in [-0.25, -0.2) is 0 Å². The number of carbonyl (C=O) groups excluding carboxylic acids is 1. The fourth-order valence-corrected chi connectivity index (χ4v) is 1.64. The summed E-state index contributed by atoms with van der Waals surface area (Å²) in [6, 6.07) is 17.2. The molecule has 0 heterocycles. The number of nitrogens with one attached hydrogen (secondary N) is 1. The molecule has 0 aromatic heterocycles. The fraction of sp³-hybridized carbons (Fsp3) is 0. The normalized spacial score (nSPS) is 9.35. The highest BCUT2D eigenvalue weighted by Gasteiger charge is 2.04. The Morgan fingerprint density at radius 2 is 1.82 bits per heavy atom. The monoisotopic (exact) mass is 222 g/mol. The SMILES string of the molecule is N#Cc1cc(-c2ccccc2)ccc1NC=O. The van der Waals surface area contributed by atoms with Gasteiger partial charge in [0.05, 0.1) is 11.3 Å². The van der Waals surface area contributed by atoms with Crippen LogP contribution in [0.25, 0.3) is 11.1 Å². The van der Waals surface area contributed by atoms with Crippen molar-refractivity contribution in [3.05, 3.63) is 54.1 Å². The summed E-state index contributed by atoms with van der Waals surface area (Å²) in [4.78, 5) is 10.4. The quantitative estimate of drug-likeness (QED) is 0.812. The maximum Gasteiger partial charge on any atom is 0.211 e. The summed E-state index contributed by atoms with van der Waals surface area (Å²) in [6.07, 6.45) is 0.568. The van der Waals surface area contributed by atoms with Gasteiger partial charge in [0, 0.05) is 0 Å². The lowest BCUT2D eigenvalue weighted by atomic mass is 10.0. The first-order valence-electron chi connectivity index (χ1n) is 5.15. The van der Waals surface area contributed by atoms with Crippen LogP contribution in [0.3, 0.4) is 0 Å². The predicted octanol–water partition coefficient (Wildman–Crippen LogP) is 2.79. The average Bonchev–Trinajstić information content (AvgIpc) is 2.40. The highest BCUT2D eigenvalue weighted by Crippen LogP contribution is 2.24. The molecule has 3 heteroatoms. The average molecular weight is 222 g/mol. The van der Waals surface area contributed by atoms with Crippen LogP contribution in [0.1, 0.15) is 5.56 Å². The van der Waals surface area contributed by atoms with Gasteiger partial charge in [-0.2, -0.15) is 5.26 Å². The number of nitriles is 1. The summed E-state index contributed by atoms with van der Waals surface area (Å²) < 4.78 is 0. The second-order valence-corrected chi connectivity index (χ2v) is 3.50. The molecule has 2 aromatic carbocycles. The Kier molecular flexibility index (Phi) is 3.18. The molecule has 0 aliphatic rings. The Hall–Kier alpha value is -2.60. The van der Waals surface area contributed by atoms with Gasteiger partial charge in [-0.15, -0.1) is 0 Å². The van der Waals surface area contributed by atoms with Gasteiger partial charge in [0.25, 0.3) is 0 Å². The molecule has 0 saturated carbocycles. The summed E-state index contributed by atoms with van der Waals surface area (Å²) in [5, 5.41) is 11.5. The fourth-order valence-electron chi connectivity index (χ4n) is 1.64. The first-order chi connectivity index (χ1) is 8.35. The van der Waals surface area contributed by atoms with Crippen molar-refractivity contribution in [2.24, 2.45) is 0 Å². The lowest BCUT2D eigenvalue weighted by molar-refractivity contribution is -0.105. The molecule has 82 valence electrons. The molecule has 0 spiro atoms. The van der Waals surface area contributed by atoms with E-state index in [0.717, 1.165) is 11.1 Å². The van der Waals surface area contributed by atoms with Gasteiger partial charge in [0.1, 0.15) is 6.07 Å². The first kappa shape index (κ1) is 10.9. The summed E-state index contributed by atoms with van der Waals surface area (Å²) in [6.45, 7) is 0. The minimum atomic E-state index is 0.457. The van der Waals surface area contributed by atoms with Crippen LogP contribution >= 0.6 is 0 Å². The smallest absolute Gasteiger partial charge is 0.211 e. The van der Waals surface area contributed by atoms with E-state index in [9.17, 15) is 4.79 Å². The third kappa shape index (κ3) is 2.32. The first-order valence-corrected chi connectivity index (χ1v) is 5.15. The van der Waals surface area contributed by atoms with Crippen LogP contribution in [0, 0.1) is 11.3 Å². The van der Waals surface area contributed by atoms with Gasteiger partial charge in [-0.1, -0.05) is 36.4 Å². The Bertz CT molecular complexity index is 571. The predicted molar refractivity (Wildman–Crippen MR) is 66.3 cm³/mol. The zero-order valence-electron chi connectivity index (χ0n) is 9.05. The Morgan fingerprint density at radius 1 is 1.06 bits per heavy atom. The van der Waals surface area contributed by atoms with Crippen molar-refractivity contribution in [2.75, 3.05) is 5.32 Å². The van der Waals surface area contributed by atoms with Gasteiger partial charge < -0.3 is 5.32 Å². The van der Waals surface area contributed by atoms with Gasteiger partial charge in [0.15, 0.2) is 0 Å². The number of hydrogen-bond acceptors (Lipinski definition) is 2. The molecule has 0 aliphatic heterocycles. The molecule has 0 saturated heterocycles. The Morgan fingerprint density at radius 3 is 2.47 bits per heavy atom. The molecule has 17 heavy (non-hydrogen) atoms. The van der Waals surface area contributed by atoms with E-state index in [2.05, 4.69) is 11.4 Å². The number of rotatable bonds is 3. The molecule has 1 amide bonds. The minimum Gasteiger partial charge on any atom is -0.328 e. The van der Waals surface area contributed by atoms with Crippen molar-refractivity contribution in [1.29, 1.82) is 5.26 Å². The molecule has 0 atom stereocenters. The van der Waals surface area contributed by atoms with Crippen molar-refractivity contribution < 1.29 is 4.79 Å². The number of carbonyl (C=O) groups is 1. The number of amides is 1. The van der Waals surface area contributed by atoms with Crippen LogP contribution in [-0.2, 0) is 4.79 Å². The highest BCUT2D eigenvalue weighted by atomic mass is 16.1. The Labute approximate surface area is 99.3 Å². The summed E-state index contributed by atoms with van der Waals surface area (Å²) in [5.41, 5.74) is 2.99. The number of benzene rings is 2. The van der Waals surface area contributed by atoms with Gasteiger partial charge in [-0.3, -0.25) is 4.79 Å². The number of hydrogen-bond donors (Lipinski definition) is 1. The van der Waals surface area contributed by atoms with E-state index in [1.165, 1.54) is 0 Å². The maximum atomic E-state index is 10.4. The molecule has 1 N–H and O–H groups in total. The van der Waals surface area contributed by atoms with E-state index >= 15 is 0 Å². The third-order valence-corrected chi connectivity index (χ3v) is 2.46. The van der Waals surface area contributed by atoms with Gasteiger partial charge in [0.2, 0.25) is 6.41 Å². The van der Waals surface area contributed by atoms with Crippen LogP contribution in [0.2, 0.25) is 0 Å². The molecule has 0 radical (unpaired) electrons. The highest BCUT2D eigenvalue weighted by molar-refractivity contribution is 5.78. The van der Waals surface area contributed by atoms with E-state index in [1.807, 2.05) is 36.4 Å². The Balaban J connectivity index is 2.46. The van der Waals surface area contributed by atoms with Crippen molar-refractivity contribution in [3.8, 4) is 17.2 Å². The van der Waals surface area contributed by atoms with Crippen molar-refractivity contribution >= 4 is 12.1 Å². The molecule has 0 fully saturated rings. The van der Waals surface area contributed by atoms with E-state index in [0.29, 0.717) is 17.7 Å². The minimum absolute atomic E-state index is 0.457. The molecule has 2 rings (SSSR count). The van der Waals surface area contributed by atoms with Crippen LogP contribution in [0.4, 0.5) is 5.69 Å². The third-order valence-electron chi connectivity index (χ3n) is 2.46. The molecule has 0 unspecified atom stereocenters. The van der Waals surface area contributed by atoms with E-state index in [-0.39, 0.29) is 0 Å². The van der Waals surface area contributed by atoms with Crippen LogP contribution < -0.4 is 5.32 Å². The van der Waals surface area contributed by atoms with E-state index in [4.69, 9.17) is 5.26 Å². The molecule has 3 nitrogen and oxygen atoms in total. The van der Waals surface area contributed by atoms with Crippen molar-refractivity contribution in [3.63, 3.8) is 0 Å². The molecule has 0 aliphatic carbocycles. The second-order valence-electron chi connectivity index (χ2n) is 3.50. The van der Waals surface area contributed by atoms with Gasteiger partial charge >= 0.3 is 0 Å². The van der Waals surface area contributed by atoms with E-state index < -0.39 is 0 Å². The van der Waals surface area contributed by atoms with Crippen molar-refractivity contribution in [2.45, 2.75) is 0 Å². The number of nitrogens with zero attached hydrogens (tertiary/aromatic N) is 1. The lowest BCUT2D eigenvalue weighted by Crippen LogP contribution is -1.96. The molecular formula is C14H10N2O. The zero-order chi connectivity index (χ0) is 12.1. The second kappa shape index (κ2) is 4.95. The molecule has 2 aromatic rings. The number of anilines is 1. The summed E-state index contributed by atoms with van der Waals surface area (Å²) >= 11 is 0.